The minimum atomic E-state index is -0.305. The molecule has 0 aliphatic carbocycles. The van der Waals surface area contributed by atoms with E-state index in [2.05, 4.69) is 26.6 Å². The minimum Gasteiger partial charge on any atom is -0.308 e. The fourth-order valence-corrected chi connectivity index (χ4v) is 2.19. The number of carbonyl (C=O) groups is 1. The summed E-state index contributed by atoms with van der Waals surface area (Å²) >= 11 is 9.45. The number of benzene rings is 2. The van der Waals surface area contributed by atoms with E-state index in [1.807, 2.05) is 44.2 Å². The average molecular weight is 354 g/mol. The van der Waals surface area contributed by atoms with Gasteiger partial charge < -0.3 is 10.6 Å². The largest absolute Gasteiger partial charge is 0.323 e. The van der Waals surface area contributed by atoms with Gasteiger partial charge in [-0.2, -0.15) is 0 Å². The van der Waals surface area contributed by atoms with Crippen LogP contribution < -0.4 is 10.6 Å². The number of aryl methyl sites for hydroxylation is 2. The Morgan fingerprint density at radius 3 is 2.10 bits per heavy atom. The molecule has 0 aromatic heterocycles. The molecule has 5 heteroatoms. The third kappa shape index (κ3) is 3.74. The van der Waals surface area contributed by atoms with E-state index in [-0.39, 0.29) is 6.03 Å². The highest BCUT2D eigenvalue weighted by molar-refractivity contribution is 9.10. The van der Waals surface area contributed by atoms with Gasteiger partial charge in [0, 0.05) is 20.9 Å². The SMILES string of the molecule is Cc1ccc(NC(=O)Nc2ccc(C)c(Br)c2)cc1Cl. The zero-order valence-corrected chi connectivity index (χ0v) is 13.5. The predicted octanol–water partition coefficient (Wildman–Crippen LogP) is 5.36. The molecule has 0 fully saturated rings. The normalized spacial score (nSPS) is 10.2. The molecule has 2 rings (SSSR count). The van der Waals surface area contributed by atoms with Crippen LogP contribution in [0.2, 0.25) is 5.02 Å². The fraction of sp³-hybridized carbons (Fsp3) is 0.133. The number of halogens is 2. The number of nitrogens with one attached hydrogen (secondary N) is 2. The smallest absolute Gasteiger partial charge is 0.308 e. The number of hydrogen-bond donors (Lipinski definition) is 2. The molecule has 2 N–H and O–H groups in total. The Balaban J connectivity index is 2.04. The van der Waals surface area contributed by atoms with Gasteiger partial charge in [-0.05, 0) is 49.2 Å². The topological polar surface area (TPSA) is 41.1 Å². The second kappa shape index (κ2) is 6.29. The van der Waals surface area contributed by atoms with E-state index in [0.29, 0.717) is 10.7 Å². The second-order valence-electron chi connectivity index (χ2n) is 4.51. The number of urea groups is 1. The molecular weight excluding hydrogens is 340 g/mol. The summed E-state index contributed by atoms with van der Waals surface area (Å²) in [6.45, 7) is 3.90. The molecule has 20 heavy (non-hydrogen) atoms. The maximum atomic E-state index is 11.9. The van der Waals surface area contributed by atoms with Gasteiger partial charge in [0.15, 0.2) is 0 Å². The maximum Gasteiger partial charge on any atom is 0.323 e. The standard InChI is InChI=1S/C15H14BrClN2O/c1-9-3-5-11(7-13(9)16)18-15(20)19-12-6-4-10(2)14(17)8-12/h3-8H,1-2H3,(H2,18,19,20). The van der Waals surface area contributed by atoms with Crippen LogP contribution in [-0.4, -0.2) is 6.03 Å². The molecule has 0 spiro atoms. The molecule has 0 saturated carbocycles. The summed E-state index contributed by atoms with van der Waals surface area (Å²) < 4.78 is 0.952. The summed E-state index contributed by atoms with van der Waals surface area (Å²) in [4.78, 5) is 11.9. The maximum absolute atomic E-state index is 11.9. The van der Waals surface area contributed by atoms with Crippen molar-refractivity contribution in [3.05, 3.63) is 57.0 Å². The Bertz CT molecular complexity index is 603. The summed E-state index contributed by atoms with van der Waals surface area (Å²) in [6.07, 6.45) is 0. The molecule has 0 bridgehead atoms. The number of anilines is 2. The van der Waals surface area contributed by atoms with Crippen molar-refractivity contribution in [2.24, 2.45) is 0 Å². The first-order valence-corrected chi connectivity index (χ1v) is 7.23. The Hall–Kier alpha value is -1.52. The van der Waals surface area contributed by atoms with E-state index in [1.54, 1.807) is 6.07 Å². The third-order valence-corrected chi connectivity index (χ3v) is 4.12. The lowest BCUT2D eigenvalue weighted by atomic mass is 10.2. The first kappa shape index (κ1) is 14.9. The molecule has 2 aromatic carbocycles. The van der Waals surface area contributed by atoms with Crippen molar-refractivity contribution in [1.82, 2.24) is 0 Å². The summed E-state index contributed by atoms with van der Waals surface area (Å²) in [5, 5.41) is 6.14. The average Bonchev–Trinajstić information content (AvgIpc) is 2.38. The summed E-state index contributed by atoms with van der Waals surface area (Å²) in [5.74, 6) is 0. The highest BCUT2D eigenvalue weighted by Gasteiger charge is 2.05. The molecule has 104 valence electrons. The molecule has 0 saturated heterocycles. The van der Waals surface area contributed by atoms with Gasteiger partial charge in [0.1, 0.15) is 0 Å². The molecule has 0 unspecified atom stereocenters. The molecule has 0 aliphatic heterocycles. The lowest BCUT2D eigenvalue weighted by Gasteiger charge is -2.09. The first-order valence-electron chi connectivity index (χ1n) is 6.06. The van der Waals surface area contributed by atoms with Crippen molar-refractivity contribution < 1.29 is 4.79 Å². The molecule has 0 radical (unpaired) electrons. The second-order valence-corrected chi connectivity index (χ2v) is 5.77. The van der Waals surface area contributed by atoms with Gasteiger partial charge in [-0.15, -0.1) is 0 Å². The van der Waals surface area contributed by atoms with E-state index in [0.717, 1.165) is 21.3 Å². The zero-order chi connectivity index (χ0) is 14.7. The molecule has 0 atom stereocenters. The lowest BCUT2D eigenvalue weighted by molar-refractivity contribution is 0.262. The van der Waals surface area contributed by atoms with E-state index in [1.165, 1.54) is 0 Å². The highest BCUT2D eigenvalue weighted by atomic mass is 79.9. The van der Waals surface area contributed by atoms with Crippen molar-refractivity contribution in [1.29, 1.82) is 0 Å². The van der Waals surface area contributed by atoms with E-state index < -0.39 is 0 Å². The van der Waals surface area contributed by atoms with Crippen LogP contribution in [0.1, 0.15) is 11.1 Å². The van der Waals surface area contributed by atoms with Crippen LogP contribution in [0.4, 0.5) is 16.2 Å². The predicted molar refractivity (Wildman–Crippen MR) is 87.7 cm³/mol. The molecule has 3 nitrogen and oxygen atoms in total. The van der Waals surface area contributed by atoms with Gasteiger partial charge in [-0.3, -0.25) is 0 Å². The van der Waals surface area contributed by atoms with Crippen molar-refractivity contribution >= 4 is 44.9 Å². The summed E-state index contributed by atoms with van der Waals surface area (Å²) in [6, 6.07) is 10.7. The van der Waals surface area contributed by atoms with Crippen molar-refractivity contribution in [3.63, 3.8) is 0 Å². The molecule has 0 aliphatic rings. The van der Waals surface area contributed by atoms with Gasteiger partial charge >= 0.3 is 6.03 Å². The Labute approximate surface area is 131 Å². The van der Waals surface area contributed by atoms with Crippen LogP contribution in [0.25, 0.3) is 0 Å². The molecule has 0 heterocycles. The summed E-state index contributed by atoms with van der Waals surface area (Å²) in [5.41, 5.74) is 3.46. The monoisotopic (exact) mass is 352 g/mol. The van der Waals surface area contributed by atoms with E-state index >= 15 is 0 Å². The van der Waals surface area contributed by atoms with Crippen molar-refractivity contribution in [2.75, 3.05) is 10.6 Å². The van der Waals surface area contributed by atoms with Gasteiger partial charge in [0.2, 0.25) is 0 Å². The fourth-order valence-electron chi connectivity index (χ4n) is 1.63. The van der Waals surface area contributed by atoms with Gasteiger partial charge in [-0.25, -0.2) is 4.79 Å². The number of carbonyl (C=O) groups excluding carboxylic acids is 1. The number of hydrogen-bond acceptors (Lipinski definition) is 1. The first-order chi connectivity index (χ1) is 9.45. The van der Waals surface area contributed by atoms with Crippen molar-refractivity contribution in [3.8, 4) is 0 Å². The van der Waals surface area contributed by atoms with E-state index in [9.17, 15) is 4.79 Å². The molecule has 2 aromatic rings. The van der Waals surface area contributed by atoms with Gasteiger partial charge in [0.25, 0.3) is 0 Å². The molecule has 2 amide bonds. The van der Waals surface area contributed by atoms with Gasteiger partial charge in [0.05, 0.1) is 0 Å². The van der Waals surface area contributed by atoms with Gasteiger partial charge in [-0.1, -0.05) is 39.7 Å². The minimum absolute atomic E-state index is 0.305. The van der Waals surface area contributed by atoms with E-state index in [4.69, 9.17) is 11.6 Å². The Kier molecular flexibility index (Phi) is 4.68. The lowest BCUT2D eigenvalue weighted by Crippen LogP contribution is -2.19. The zero-order valence-electron chi connectivity index (χ0n) is 11.1. The van der Waals surface area contributed by atoms with Crippen LogP contribution in [-0.2, 0) is 0 Å². The Morgan fingerprint density at radius 2 is 1.55 bits per heavy atom. The quantitative estimate of drug-likeness (QED) is 0.749. The third-order valence-electron chi connectivity index (χ3n) is 2.86. The van der Waals surface area contributed by atoms with Crippen LogP contribution in [0.5, 0.6) is 0 Å². The Morgan fingerprint density at radius 1 is 1.00 bits per heavy atom. The summed E-state index contributed by atoms with van der Waals surface area (Å²) in [7, 11) is 0. The highest BCUT2D eigenvalue weighted by Crippen LogP contribution is 2.22. The van der Waals surface area contributed by atoms with Crippen LogP contribution in [0.3, 0.4) is 0 Å². The van der Waals surface area contributed by atoms with Crippen LogP contribution in [0.15, 0.2) is 40.9 Å². The van der Waals surface area contributed by atoms with Crippen molar-refractivity contribution in [2.45, 2.75) is 13.8 Å². The number of rotatable bonds is 2. The van der Waals surface area contributed by atoms with Crippen LogP contribution in [0, 0.1) is 13.8 Å². The van der Waals surface area contributed by atoms with Crippen LogP contribution >= 0.6 is 27.5 Å². The molecular formula is C15H14BrClN2O. The number of amides is 2.